The van der Waals surface area contributed by atoms with E-state index in [1.165, 1.54) is 26.8 Å². The second kappa shape index (κ2) is 8.38. The van der Waals surface area contributed by atoms with Gasteiger partial charge in [-0.05, 0) is 29.8 Å². The van der Waals surface area contributed by atoms with Gasteiger partial charge in [-0.2, -0.15) is 0 Å². The van der Waals surface area contributed by atoms with Crippen LogP contribution in [0.2, 0.25) is 0 Å². The van der Waals surface area contributed by atoms with Crippen LogP contribution in [0.4, 0.5) is 0 Å². The third-order valence-corrected chi connectivity index (χ3v) is 6.12. The number of nitrogens with zero attached hydrogens (tertiary/aromatic N) is 2. The summed E-state index contributed by atoms with van der Waals surface area (Å²) in [6.45, 7) is 8.55. The number of hydrogen-bond donors (Lipinski definition) is 2. The third-order valence-electron chi connectivity index (χ3n) is 6.12. The van der Waals surface area contributed by atoms with E-state index >= 15 is 0 Å². The zero-order valence-electron chi connectivity index (χ0n) is 17.4. The molecule has 1 aliphatic heterocycles. The maximum atomic E-state index is 5.95. The summed E-state index contributed by atoms with van der Waals surface area (Å²) in [4.78, 5) is 3.18. The molecule has 1 saturated heterocycles. The Balaban J connectivity index is 1.19. The lowest BCUT2D eigenvalue weighted by atomic mass is 10.0. The van der Waals surface area contributed by atoms with Crippen LogP contribution in [0.3, 0.4) is 0 Å². The molecule has 0 radical (unpaired) electrons. The highest BCUT2D eigenvalue weighted by atomic mass is 16.4. The van der Waals surface area contributed by atoms with E-state index in [9.17, 15) is 0 Å². The molecule has 3 aromatic carbocycles. The molecule has 30 heavy (non-hydrogen) atoms. The molecule has 5 rings (SSSR count). The highest BCUT2D eigenvalue weighted by Crippen LogP contribution is 2.19. The predicted molar refractivity (Wildman–Crippen MR) is 117 cm³/mol. The minimum absolute atomic E-state index is 0.619. The van der Waals surface area contributed by atoms with Gasteiger partial charge < -0.3 is 14.2 Å². The number of benzene rings is 3. The molecule has 4 aromatic rings. The molecule has 0 aliphatic carbocycles. The summed E-state index contributed by atoms with van der Waals surface area (Å²) in [5.74, 6) is 1.35. The van der Waals surface area contributed by atoms with Crippen LogP contribution in [-0.2, 0) is 13.1 Å². The van der Waals surface area contributed by atoms with Crippen LogP contribution in [0, 0.1) is 6.92 Å². The van der Waals surface area contributed by atoms with E-state index < -0.39 is 0 Å². The summed E-state index contributed by atoms with van der Waals surface area (Å²) in [6, 6.07) is 23.6. The Morgan fingerprint density at radius 1 is 0.800 bits per heavy atom. The molecule has 2 N–H and O–H groups in total. The van der Waals surface area contributed by atoms with Crippen LogP contribution in [0.1, 0.15) is 17.0 Å². The molecule has 0 unspecified atom stereocenters. The van der Waals surface area contributed by atoms with E-state index in [0.717, 1.165) is 50.7 Å². The molecular weight excluding hydrogens is 372 g/mol. The van der Waals surface area contributed by atoms with Gasteiger partial charge in [0.1, 0.15) is 32.7 Å². The van der Waals surface area contributed by atoms with Crippen LogP contribution in [0.5, 0.6) is 0 Å². The van der Waals surface area contributed by atoms with Crippen molar-refractivity contribution in [2.45, 2.75) is 20.0 Å². The van der Waals surface area contributed by atoms with E-state index in [-0.39, 0.29) is 0 Å². The number of rotatable bonds is 5. The Morgan fingerprint density at radius 3 is 2.37 bits per heavy atom. The van der Waals surface area contributed by atoms with Gasteiger partial charge in [-0.15, -0.1) is 10.2 Å². The topological polar surface area (TPSA) is 47.8 Å². The zero-order valence-corrected chi connectivity index (χ0v) is 17.4. The Morgan fingerprint density at radius 2 is 1.53 bits per heavy atom. The molecule has 0 saturated carbocycles. The molecule has 0 atom stereocenters. The van der Waals surface area contributed by atoms with Crippen molar-refractivity contribution < 1.29 is 14.2 Å². The van der Waals surface area contributed by atoms with E-state index in [4.69, 9.17) is 4.42 Å². The minimum Gasteiger partial charge on any atom is -0.415 e. The first kappa shape index (κ1) is 19.0. The summed E-state index contributed by atoms with van der Waals surface area (Å²) >= 11 is 0. The summed E-state index contributed by atoms with van der Waals surface area (Å²) < 4.78 is 5.95. The summed E-state index contributed by atoms with van der Waals surface area (Å²) in [5, 5.41) is 11.3. The van der Waals surface area contributed by atoms with E-state index in [2.05, 4.69) is 71.7 Å². The van der Waals surface area contributed by atoms with Crippen LogP contribution in [0.15, 0.2) is 71.1 Å². The lowest BCUT2D eigenvalue weighted by molar-refractivity contribution is -1.02. The molecule has 0 amide bonds. The first-order chi connectivity index (χ1) is 14.7. The molecule has 1 aromatic heterocycles. The molecule has 5 heteroatoms. The number of quaternary nitrogens is 2. The fraction of sp³-hybridized carbons (Fsp3) is 0.280. The number of aryl methyl sites for hydroxylation is 1. The summed E-state index contributed by atoms with van der Waals surface area (Å²) in [6.07, 6.45) is 0. The van der Waals surface area contributed by atoms with Crippen molar-refractivity contribution in [3.8, 4) is 11.5 Å². The van der Waals surface area contributed by atoms with Crippen LogP contribution in [0.25, 0.3) is 22.2 Å². The molecule has 152 valence electrons. The van der Waals surface area contributed by atoms with E-state index in [1.54, 1.807) is 4.90 Å². The van der Waals surface area contributed by atoms with Gasteiger partial charge in [0.2, 0.25) is 5.89 Å². The van der Waals surface area contributed by atoms with Gasteiger partial charge in [-0.1, -0.05) is 60.2 Å². The molecule has 2 heterocycles. The summed E-state index contributed by atoms with van der Waals surface area (Å²) in [5.41, 5.74) is 3.64. The predicted octanol–water partition coefficient (Wildman–Crippen LogP) is 1.68. The van der Waals surface area contributed by atoms with Gasteiger partial charge in [0.25, 0.3) is 5.89 Å². The van der Waals surface area contributed by atoms with Crippen LogP contribution in [-0.4, -0.2) is 36.4 Å². The number of fused-ring (bicyclic) bond motifs is 1. The van der Waals surface area contributed by atoms with Crippen molar-refractivity contribution in [3.05, 3.63) is 83.7 Å². The number of hydrogen-bond acceptors (Lipinski definition) is 3. The molecule has 0 spiro atoms. The molecule has 1 fully saturated rings. The minimum atomic E-state index is 0.619. The third kappa shape index (κ3) is 4.13. The van der Waals surface area contributed by atoms with Crippen molar-refractivity contribution in [2.75, 3.05) is 26.2 Å². The average molecular weight is 401 g/mol. The maximum absolute atomic E-state index is 5.95. The summed E-state index contributed by atoms with van der Waals surface area (Å²) in [7, 11) is 0. The monoisotopic (exact) mass is 400 g/mol. The fourth-order valence-corrected chi connectivity index (χ4v) is 4.46. The quantitative estimate of drug-likeness (QED) is 0.536. The zero-order chi connectivity index (χ0) is 20.3. The van der Waals surface area contributed by atoms with Gasteiger partial charge in [-0.3, -0.25) is 0 Å². The van der Waals surface area contributed by atoms with Crippen molar-refractivity contribution in [1.82, 2.24) is 10.2 Å². The number of piperazine rings is 1. The largest absolute Gasteiger partial charge is 0.415 e. The Kier molecular flexibility index (Phi) is 5.30. The van der Waals surface area contributed by atoms with E-state index in [0.29, 0.717) is 5.89 Å². The Bertz CT molecular complexity index is 1140. The van der Waals surface area contributed by atoms with Gasteiger partial charge in [0.15, 0.2) is 6.54 Å². The molecular formula is C25H28N4O+2. The standard InChI is InChI=1S/C25H26N4O/c1-19-6-4-9-21(16-19)25-27-26-24(30-25)18-29-14-12-28(13-15-29)17-22-10-5-8-20-7-2-3-11-23(20)22/h2-11,16H,12-15,17-18H2,1H3/p+2. The molecule has 1 aliphatic rings. The smallest absolute Gasteiger partial charge is 0.271 e. The Labute approximate surface area is 176 Å². The first-order valence-electron chi connectivity index (χ1n) is 10.8. The number of aromatic nitrogens is 2. The second-order valence-electron chi connectivity index (χ2n) is 8.36. The van der Waals surface area contributed by atoms with Gasteiger partial charge in [0.05, 0.1) is 0 Å². The number of nitrogens with one attached hydrogen (secondary N) is 2. The fourth-order valence-electron chi connectivity index (χ4n) is 4.46. The molecule has 5 nitrogen and oxygen atoms in total. The van der Waals surface area contributed by atoms with Crippen molar-refractivity contribution in [1.29, 1.82) is 0 Å². The first-order valence-corrected chi connectivity index (χ1v) is 10.8. The maximum Gasteiger partial charge on any atom is 0.271 e. The van der Waals surface area contributed by atoms with E-state index in [1.807, 2.05) is 12.1 Å². The SMILES string of the molecule is Cc1cccc(-c2nnc(C[NH+]3CC[NH+](Cc4cccc5ccccc45)CC3)o2)c1. The normalized spacial score (nSPS) is 19.2. The highest BCUT2D eigenvalue weighted by Gasteiger charge is 2.25. The Hall–Kier alpha value is -3.02. The van der Waals surface area contributed by atoms with Crippen molar-refractivity contribution in [3.63, 3.8) is 0 Å². The van der Waals surface area contributed by atoms with Crippen LogP contribution < -0.4 is 9.80 Å². The lowest BCUT2D eigenvalue weighted by Gasteiger charge is -2.29. The van der Waals surface area contributed by atoms with Crippen LogP contribution >= 0.6 is 0 Å². The lowest BCUT2D eigenvalue weighted by Crippen LogP contribution is -3.27. The van der Waals surface area contributed by atoms with Gasteiger partial charge >= 0.3 is 0 Å². The highest BCUT2D eigenvalue weighted by molar-refractivity contribution is 5.85. The van der Waals surface area contributed by atoms with Gasteiger partial charge in [0, 0.05) is 11.1 Å². The second-order valence-corrected chi connectivity index (χ2v) is 8.36. The van der Waals surface area contributed by atoms with Crippen molar-refractivity contribution >= 4 is 10.8 Å². The van der Waals surface area contributed by atoms with Gasteiger partial charge in [-0.25, -0.2) is 0 Å². The average Bonchev–Trinajstić information content (AvgIpc) is 3.24. The van der Waals surface area contributed by atoms with Crippen molar-refractivity contribution in [2.24, 2.45) is 0 Å². The molecule has 0 bridgehead atoms.